The van der Waals surface area contributed by atoms with Gasteiger partial charge in [-0.1, -0.05) is 19.8 Å². The molecular weight excluding hydrogens is 180 g/mol. The van der Waals surface area contributed by atoms with Crippen LogP contribution in [0.2, 0.25) is 0 Å². The molecule has 0 amide bonds. The Morgan fingerprint density at radius 1 is 1.64 bits per heavy atom. The van der Waals surface area contributed by atoms with Crippen LogP contribution in [0, 0.1) is 5.92 Å². The van der Waals surface area contributed by atoms with Gasteiger partial charge < -0.3 is 16.2 Å². The summed E-state index contributed by atoms with van der Waals surface area (Å²) in [6.45, 7) is 3.08. The van der Waals surface area contributed by atoms with E-state index in [1.165, 1.54) is 0 Å². The summed E-state index contributed by atoms with van der Waals surface area (Å²) in [5, 5.41) is 12.4. The molecule has 0 bridgehead atoms. The summed E-state index contributed by atoms with van der Waals surface area (Å²) in [7, 11) is 0. The molecule has 0 spiro atoms. The Morgan fingerprint density at radius 2 is 2.36 bits per heavy atom. The average Bonchev–Trinajstić information content (AvgIpc) is 2.16. The van der Waals surface area contributed by atoms with Crippen molar-refractivity contribution in [1.82, 2.24) is 5.32 Å². The summed E-state index contributed by atoms with van der Waals surface area (Å²) in [6.07, 6.45) is 3.85. The SMILES string of the molecule is CC1CCCCC1(NCCN)C(=O)O. The van der Waals surface area contributed by atoms with Crippen molar-refractivity contribution in [2.45, 2.75) is 38.1 Å². The Kier molecular flexibility index (Phi) is 3.89. The number of nitrogens with one attached hydrogen (secondary N) is 1. The van der Waals surface area contributed by atoms with Crippen molar-refractivity contribution in [1.29, 1.82) is 0 Å². The zero-order chi connectivity index (χ0) is 10.6. The fourth-order valence-electron chi connectivity index (χ4n) is 2.30. The standard InChI is InChI=1S/C10H20N2O2/c1-8-4-2-3-5-10(8,9(13)14)12-7-6-11/h8,12H,2-7,11H2,1H3,(H,13,14). The third-order valence-electron chi connectivity index (χ3n) is 3.27. The Labute approximate surface area is 84.9 Å². The summed E-state index contributed by atoms with van der Waals surface area (Å²) in [5.74, 6) is -0.529. The van der Waals surface area contributed by atoms with Gasteiger partial charge in [0.15, 0.2) is 0 Å². The van der Waals surface area contributed by atoms with Gasteiger partial charge in [0.05, 0.1) is 0 Å². The van der Waals surface area contributed by atoms with Crippen LogP contribution < -0.4 is 11.1 Å². The molecule has 0 aromatic heterocycles. The molecule has 0 aliphatic heterocycles. The van der Waals surface area contributed by atoms with E-state index >= 15 is 0 Å². The second-order valence-electron chi connectivity index (χ2n) is 4.14. The minimum absolute atomic E-state index is 0.195. The quantitative estimate of drug-likeness (QED) is 0.620. The molecule has 1 fully saturated rings. The smallest absolute Gasteiger partial charge is 0.324 e. The van der Waals surface area contributed by atoms with E-state index < -0.39 is 11.5 Å². The fraction of sp³-hybridized carbons (Fsp3) is 0.900. The highest BCUT2D eigenvalue weighted by Gasteiger charge is 2.44. The van der Waals surface area contributed by atoms with Crippen molar-refractivity contribution >= 4 is 5.97 Å². The molecule has 4 nitrogen and oxygen atoms in total. The van der Waals surface area contributed by atoms with Gasteiger partial charge in [0.1, 0.15) is 5.54 Å². The van der Waals surface area contributed by atoms with Crippen LogP contribution in [0.3, 0.4) is 0 Å². The third-order valence-corrected chi connectivity index (χ3v) is 3.27. The second kappa shape index (κ2) is 4.75. The minimum Gasteiger partial charge on any atom is -0.480 e. The Morgan fingerprint density at radius 3 is 2.86 bits per heavy atom. The molecule has 0 heterocycles. The summed E-state index contributed by atoms with van der Waals surface area (Å²) in [5.41, 5.74) is 4.67. The number of hydrogen-bond donors (Lipinski definition) is 3. The van der Waals surface area contributed by atoms with E-state index in [-0.39, 0.29) is 5.92 Å². The predicted octanol–water partition coefficient (Wildman–Crippen LogP) is 0.568. The summed E-state index contributed by atoms with van der Waals surface area (Å²) in [4.78, 5) is 11.3. The second-order valence-corrected chi connectivity index (χ2v) is 4.14. The molecule has 0 aromatic carbocycles. The van der Waals surface area contributed by atoms with Crippen molar-refractivity contribution in [3.05, 3.63) is 0 Å². The van der Waals surface area contributed by atoms with Crippen LogP contribution >= 0.6 is 0 Å². The van der Waals surface area contributed by atoms with E-state index in [2.05, 4.69) is 5.32 Å². The van der Waals surface area contributed by atoms with Gasteiger partial charge in [-0.25, -0.2) is 0 Å². The monoisotopic (exact) mass is 200 g/mol. The lowest BCUT2D eigenvalue weighted by atomic mass is 9.73. The van der Waals surface area contributed by atoms with E-state index in [4.69, 9.17) is 5.73 Å². The topological polar surface area (TPSA) is 75.3 Å². The van der Waals surface area contributed by atoms with E-state index in [0.29, 0.717) is 13.1 Å². The molecule has 82 valence electrons. The first-order valence-electron chi connectivity index (χ1n) is 5.32. The predicted molar refractivity (Wildman–Crippen MR) is 55.1 cm³/mol. The molecule has 1 aliphatic carbocycles. The number of carboxylic acids is 1. The van der Waals surface area contributed by atoms with Crippen molar-refractivity contribution in [2.75, 3.05) is 13.1 Å². The minimum atomic E-state index is -0.725. The van der Waals surface area contributed by atoms with Crippen molar-refractivity contribution in [3.63, 3.8) is 0 Å². The number of carboxylic acid groups (broad SMARTS) is 1. The number of carbonyl (C=O) groups is 1. The molecule has 0 saturated heterocycles. The van der Waals surface area contributed by atoms with Crippen LogP contribution in [0.5, 0.6) is 0 Å². The molecule has 14 heavy (non-hydrogen) atoms. The molecule has 1 saturated carbocycles. The van der Waals surface area contributed by atoms with Crippen LogP contribution in [-0.2, 0) is 4.79 Å². The van der Waals surface area contributed by atoms with E-state index in [9.17, 15) is 9.90 Å². The van der Waals surface area contributed by atoms with E-state index in [0.717, 1.165) is 25.7 Å². The highest BCUT2D eigenvalue weighted by atomic mass is 16.4. The number of rotatable bonds is 4. The normalized spacial score (nSPS) is 32.9. The first-order chi connectivity index (χ1) is 6.63. The lowest BCUT2D eigenvalue weighted by Crippen LogP contribution is -2.59. The van der Waals surface area contributed by atoms with Gasteiger partial charge in [0, 0.05) is 13.1 Å². The summed E-state index contributed by atoms with van der Waals surface area (Å²) in [6, 6.07) is 0. The molecule has 4 N–H and O–H groups in total. The lowest BCUT2D eigenvalue weighted by molar-refractivity contribution is -0.148. The summed E-state index contributed by atoms with van der Waals surface area (Å²) < 4.78 is 0. The maximum atomic E-state index is 11.3. The fourth-order valence-corrected chi connectivity index (χ4v) is 2.30. The molecule has 0 aromatic rings. The van der Waals surface area contributed by atoms with Gasteiger partial charge >= 0.3 is 5.97 Å². The maximum absolute atomic E-state index is 11.3. The Bertz CT molecular complexity index is 208. The Hall–Kier alpha value is -0.610. The Balaban J connectivity index is 2.72. The average molecular weight is 200 g/mol. The third kappa shape index (κ3) is 2.07. The van der Waals surface area contributed by atoms with E-state index in [1.54, 1.807) is 0 Å². The van der Waals surface area contributed by atoms with Crippen molar-refractivity contribution in [3.8, 4) is 0 Å². The molecule has 1 aliphatic rings. The van der Waals surface area contributed by atoms with Gasteiger partial charge in [-0.3, -0.25) is 4.79 Å². The summed E-state index contributed by atoms with van der Waals surface area (Å²) >= 11 is 0. The van der Waals surface area contributed by atoms with Crippen LogP contribution in [0.4, 0.5) is 0 Å². The van der Waals surface area contributed by atoms with Gasteiger partial charge in [-0.05, 0) is 18.8 Å². The maximum Gasteiger partial charge on any atom is 0.324 e. The lowest BCUT2D eigenvalue weighted by Gasteiger charge is -2.39. The van der Waals surface area contributed by atoms with Crippen LogP contribution in [-0.4, -0.2) is 29.7 Å². The molecular formula is C10H20N2O2. The highest BCUT2D eigenvalue weighted by Crippen LogP contribution is 2.33. The zero-order valence-corrected chi connectivity index (χ0v) is 8.75. The molecule has 0 radical (unpaired) electrons. The van der Waals surface area contributed by atoms with Crippen LogP contribution in [0.15, 0.2) is 0 Å². The molecule has 2 atom stereocenters. The van der Waals surface area contributed by atoms with Crippen molar-refractivity contribution in [2.24, 2.45) is 11.7 Å². The van der Waals surface area contributed by atoms with Gasteiger partial charge in [0.2, 0.25) is 0 Å². The zero-order valence-electron chi connectivity index (χ0n) is 8.75. The van der Waals surface area contributed by atoms with Crippen LogP contribution in [0.25, 0.3) is 0 Å². The molecule has 1 rings (SSSR count). The van der Waals surface area contributed by atoms with Gasteiger partial charge in [0.25, 0.3) is 0 Å². The number of nitrogens with two attached hydrogens (primary N) is 1. The molecule has 2 unspecified atom stereocenters. The van der Waals surface area contributed by atoms with Gasteiger partial charge in [-0.2, -0.15) is 0 Å². The van der Waals surface area contributed by atoms with Crippen molar-refractivity contribution < 1.29 is 9.90 Å². The van der Waals surface area contributed by atoms with Gasteiger partial charge in [-0.15, -0.1) is 0 Å². The first kappa shape index (κ1) is 11.5. The number of aliphatic carboxylic acids is 1. The number of hydrogen-bond acceptors (Lipinski definition) is 3. The largest absolute Gasteiger partial charge is 0.480 e. The first-order valence-corrected chi connectivity index (χ1v) is 5.32. The molecule has 4 heteroatoms. The van der Waals surface area contributed by atoms with E-state index in [1.807, 2.05) is 6.92 Å². The highest BCUT2D eigenvalue weighted by molar-refractivity contribution is 5.79. The van der Waals surface area contributed by atoms with Crippen LogP contribution in [0.1, 0.15) is 32.6 Å².